The Bertz CT molecular complexity index is 3160. The largest absolute Gasteiger partial charge is 0.456 e. The van der Waals surface area contributed by atoms with Crippen molar-refractivity contribution in [2.24, 2.45) is 0 Å². The normalized spacial score (nSPS) is 11.8. The van der Waals surface area contributed by atoms with Crippen LogP contribution in [0.15, 0.2) is 192 Å². The molecule has 0 bridgehead atoms. The second-order valence-electron chi connectivity index (χ2n) is 13.7. The van der Waals surface area contributed by atoms with Crippen LogP contribution in [0, 0.1) is 0 Å². The number of benzene rings is 9. The summed E-state index contributed by atoms with van der Waals surface area (Å²) in [6.07, 6.45) is 0. The fraction of sp³-hybridized carbons (Fsp3) is 0. The van der Waals surface area contributed by atoms with Crippen molar-refractivity contribution in [2.45, 2.75) is 0 Å². The number of anilines is 3. The zero-order valence-electron chi connectivity index (χ0n) is 28.7. The van der Waals surface area contributed by atoms with Gasteiger partial charge in [-0.15, -0.1) is 11.3 Å². The highest BCUT2D eigenvalue weighted by molar-refractivity contribution is 7.25. The standard InChI is InChI=1S/C50H31NOS/c1-2-11-40-33(9-1)10-7-14-41(40)34-23-27-39(28-24-34)51(45-15-8-17-47-50(45)43-13-3-5-16-46(43)52-47)38-25-21-32(22-26-38)35-19-20-36-30-44-42-12-4-6-18-48(42)53-49(44)31-37(36)29-35/h1-31H. The third kappa shape index (κ3) is 4.93. The van der Waals surface area contributed by atoms with Crippen LogP contribution in [0.4, 0.5) is 17.1 Å². The van der Waals surface area contributed by atoms with Crippen molar-refractivity contribution in [3.8, 4) is 22.3 Å². The van der Waals surface area contributed by atoms with Crippen molar-refractivity contribution in [3.63, 3.8) is 0 Å². The summed E-state index contributed by atoms with van der Waals surface area (Å²) in [5.41, 5.74) is 9.83. The highest BCUT2D eigenvalue weighted by Gasteiger charge is 2.20. The van der Waals surface area contributed by atoms with Gasteiger partial charge >= 0.3 is 0 Å². The molecule has 0 amide bonds. The van der Waals surface area contributed by atoms with Gasteiger partial charge in [0.15, 0.2) is 0 Å². The van der Waals surface area contributed by atoms with Crippen LogP contribution < -0.4 is 4.90 Å². The second kappa shape index (κ2) is 11.9. The van der Waals surface area contributed by atoms with Gasteiger partial charge in [0.25, 0.3) is 0 Å². The van der Waals surface area contributed by atoms with Gasteiger partial charge in [-0.25, -0.2) is 0 Å². The van der Waals surface area contributed by atoms with Gasteiger partial charge in [-0.3, -0.25) is 0 Å². The van der Waals surface area contributed by atoms with Crippen molar-refractivity contribution in [1.29, 1.82) is 0 Å². The van der Waals surface area contributed by atoms with E-state index in [4.69, 9.17) is 4.42 Å². The minimum absolute atomic E-state index is 0.876. The van der Waals surface area contributed by atoms with E-state index < -0.39 is 0 Å². The fourth-order valence-electron chi connectivity index (χ4n) is 8.09. The van der Waals surface area contributed by atoms with Crippen LogP contribution in [0.25, 0.3) is 85.9 Å². The lowest BCUT2D eigenvalue weighted by Gasteiger charge is -2.26. The van der Waals surface area contributed by atoms with Crippen molar-refractivity contribution >= 4 is 92.1 Å². The first-order valence-corrected chi connectivity index (χ1v) is 18.8. The molecule has 0 radical (unpaired) electrons. The third-order valence-electron chi connectivity index (χ3n) is 10.6. The topological polar surface area (TPSA) is 16.4 Å². The van der Waals surface area contributed by atoms with Crippen molar-refractivity contribution in [3.05, 3.63) is 188 Å². The lowest BCUT2D eigenvalue weighted by atomic mass is 9.97. The Hall–Kier alpha value is -6.68. The number of rotatable bonds is 5. The van der Waals surface area contributed by atoms with E-state index in [0.29, 0.717) is 0 Å². The van der Waals surface area contributed by atoms with E-state index in [1.807, 2.05) is 23.5 Å². The van der Waals surface area contributed by atoms with Crippen LogP contribution in [0.5, 0.6) is 0 Å². The molecule has 0 aliphatic heterocycles. The van der Waals surface area contributed by atoms with Crippen LogP contribution >= 0.6 is 11.3 Å². The van der Waals surface area contributed by atoms with E-state index in [1.165, 1.54) is 64.0 Å². The third-order valence-corrected chi connectivity index (χ3v) is 11.8. The van der Waals surface area contributed by atoms with E-state index >= 15 is 0 Å². The fourth-order valence-corrected chi connectivity index (χ4v) is 9.22. The Labute approximate surface area is 310 Å². The Balaban J connectivity index is 1.03. The zero-order chi connectivity index (χ0) is 34.9. The molecule has 9 aromatic carbocycles. The maximum atomic E-state index is 6.36. The molecule has 0 aliphatic rings. The summed E-state index contributed by atoms with van der Waals surface area (Å²) in [7, 11) is 0. The quantitative estimate of drug-likeness (QED) is 0.178. The van der Waals surface area contributed by atoms with Gasteiger partial charge in [0.05, 0.1) is 11.1 Å². The SMILES string of the molecule is c1ccc2c(-c3ccc(N(c4ccc(-c5ccc6cc7c(cc6c5)sc5ccccc57)cc4)c4cccc5oc6ccccc6c45)cc3)cccc2c1. The van der Waals surface area contributed by atoms with E-state index in [-0.39, 0.29) is 0 Å². The molecule has 0 unspecified atom stereocenters. The molecule has 2 nitrogen and oxygen atoms in total. The number of hydrogen-bond donors (Lipinski definition) is 0. The summed E-state index contributed by atoms with van der Waals surface area (Å²) in [6.45, 7) is 0. The molecule has 0 spiro atoms. The lowest BCUT2D eigenvalue weighted by molar-refractivity contribution is 0.669. The highest BCUT2D eigenvalue weighted by atomic mass is 32.1. The molecule has 3 heteroatoms. The molecule has 2 aromatic heterocycles. The van der Waals surface area contributed by atoms with E-state index in [1.54, 1.807) is 0 Å². The van der Waals surface area contributed by atoms with E-state index in [9.17, 15) is 0 Å². The van der Waals surface area contributed by atoms with Crippen LogP contribution in [0.2, 0.25) is 0 Å². The van der Waals surface area contributed by atoms with Gasteiger partial charge in [-0.2, -0.15) is 0 Å². The first-order valence-electron chi connectivity index (χ1n) is 18.0. The molecule has 2 heterocycles. The number of para-hydroxylation sites is 1. The minimum Gasteiger partial charge on any atom is -0.456 e. The van der Waals surface area contributed by atoms with Crippen LogP contribution in [0.3, 0.4) is 0 Å². The van der Waals surface area contributed by atoms with Crippen LogP contribution in [-0.2, 0) is 0 Å². The molecular weight excluding hydrogens is 663 g/mol. The molecule has 11 aromatic rings. The van der Waals surface area contributed by atoms with Gasteiger partial charge < -0.3 is 9.32 Å². The van der Waals surface area contributed by atoms with Gasteiger partial charge in [-0.1, -0.05) is 121 Å². The predicted molar refractivity (Wildman–Crippen MR) is 227 cm³/mol. The zero-order valence-corrected chi connectivity index (χ0v) is 29.5. The van der Waals surface area contributed by atoms with Gasteiger partial charge in [0.2, 0.25) is 0 Å². The van der Waals surface area contributed by atoms with E-state index in [0.717, 1.165) is 39.0 Å². The molecule has 0 aliphatic carbocycles. The number of hydrogen-bond acceptors (Lipinski definition) is 3. The second-order valence-corrected chi connectivity index (χ2v) is 14.8. The number of furan rings is 1. The predicted octanol–water partition coefficient (Wildman–Crippen LogP) is 15.1. The summed E-state index contributed by atoms with van der Waals surface area (Å²) in [4.78, 5) is 2.36. The molecule has 11 rings (SSSR count). The molecule has 0 atom stereocenters. The molecule has 0 fully saturated rings. The van der Waals surface area contributed by atoms with Crippen molar-refractivity contribution in [1.82, 2.24) is 0 Å². The van der Waals surface area contributed by atoms with Crippen LogP contribution in [-0.4, -0.2) is 0 Å². The van der Waals surface area contributed by atoms with Gasteiger partial charge in [0, 0.05) is 36.9 Å². The number of nitrogens with zero attached hydrogens (tertiary/aromatic N) is 1. The lowest BCUT2D eigenvalue weighted by Crippen LogP contribution is -2.10. The van der Waals surface area contributed by atoms with Crippen molar-refractivity contribution < 1.29 is 4.42 Å². The molecule has 0 saturated heterocycles. The van der Waals surface area contributed by atoms with E-state index in [2.05, 4.69) is 181 Å². The number of fused-ring (bicyclic) bond motifs is 8. The molecule has 0 saturated carbocycles. The van der Waals surface area contributed by atoms with Crippen LogP contribution in [0.1, 0.15) is 0 Å². The maximum Gasteiger partial charge on any atom is 0.137 e. The molecule has 53 heavy (non-hydrogen) atoms. The van der Waals surface area contributed by atoms with Gasteiger partial charge in [0.1, 0.15) is 11.2 Å². The summed E-state index contributed by atoms with van der Waals surface area (Å²) in [5, 5.41) is 9.91. The monoisotopic (exact) mass is 693 g/mol. The Morgan fingerprint density at radius 3 is 1.89 bits per heavy atom. The number of thiophene rings is 1. The van der Waals surface area contributed by atoms with Crippen molar-refractivity contribution in [2.75, 3.05) is 4.90 Å². The summed E-state index contributed by atoms with van der Waals surface area (Å²) in [6, 6.07) is 68.0. The molecular formula is C50H31NOS. The summed E-state index contributed by atoms with van der Waals surface area (Å²) >= 11 is 1.87. The highest BCUT2D eigenvalue weighted by Crippen LogP contribution is 2.44. The average Bonchev–Trinajstić information content (AvgIpc) is 3.78. The Morgan fingerprint density at radius 1 is 0.377 bits per heavy atom. The Morgan fingerprint density at radius 2 is 1.04 bits per heavy atom. The smallest absolute Gasteiger partial charge is 0.137 e. The minimum atomic E-state index is 0.876. The Kier molecular flexibility index (Phi) is 6.76. The average molecular weight is 694 g/mol. The maximum absolute atomic E-state index is 6.36. The molecule has 248 valence electrons. The summed E-state index contributed by atoms with van der Waals surface area (Å²) in [5.74, 6) is 0. The molecule has 0 N–H and O–H groups in total. The van der Waals surface area contributed by atoms with Gasteiger partial charge in [-0.05, 0) is 111 Å². The first kappa shape index (κ1) is 30.0. The summed E-state index contributed by atoms with van der Waals surface area (Å²) < 4.78 is 9.02. The first-order chi connectivity index (χ1) is 26.2.